The lowest BCUT2D eigenvalue weighted by atomic mass is 10.0. The highest BCUT2D eigenvalue weighted by atomic mass is 16.5. The van der Waals surface area contributed by atoms with Gasteiger partial charge in [-0.1, -0.05) is 42.5 Å². The molecule has 2 aromatic heterocycles. The molecule has 0 aliphatic heterocycles. The number of hydrogen-bond donors (Lipinski definition) is 3. The minimum absolute atomic E-state index is 0.217. The molecule has 4 aromatic rings. The molecule has 0 bridgehead atoms. The monoisotopic (exact) mass is 414 g/mol. The van der Waals surface area contributed by atoms with Gasteiger partial charge in [0.25, 0.3) is 5.91 Å². The summed E-state index contributed by atoms with van der Waals surface area (Å²) >= 11 is 0. The smallest absolute Gasteiger partial charge is 0.255 e. The molecule has 1 amide bonds. The molecule has 31 heavy (non-hydrogen) atoms. The van der Waals surface area contributed by atoms with E-state index < -0.39 is 6.04 Å². The summed E-state index contributed by atoms with van der Waals surface area (Å²) in [4.78, 5) is 17.2. The van der Waals surface area contributed by atoms with Gasteiger partial charge in [0.1, 0.15) is 5.75 Å². The van der Waals surface area contributed by atoms with E-state index in [-0.39, 0.29) is 12.5 Å². The number of aromatic nitrogens is 3. The van der Waals surface area contributed by atoms with E-state index in [1.807, 2.05) is 54.6 Å². The number of fused-ring (bicyclic) bond motifs is 1. The number of pyridine rings is 1. The fraction of sp³-hybridized carbons (Fsp3) is 0.125. The molecule has 1 unspecified atom stereocenters. The Morgan fingerprint density at radius 1 is 1.16 bits per heavy atom. The van der Waals surface area contributed by atoms with Gasteiger partial charge in [-0.2, -0.15) is 5.10 Å². The minimum Gasteiger partial charge on any atom is -0.495 e. The summed E-state index contributed by atoms with van der Waals surface area (Å²) < 4.78 is 5.62. The second-order valence-corrected chi connectivity index (χ2v) is 6.92. The molecule has 0 saturated carbocycles. The van der Waals surface area contributed by atoms with Crippen LogP contribution in [0.25, 0.3) is 23.1 Å². The van der Waals surface area contributed by atoms with E-state index in [1.54, 1.807) is 24.5 Å². The maximum absolute atomic E-state index is 13.1. The lowest BCUT2D eigenvalue weighted by molar-refractivity contribution is 0.0913. The van der Waals surface area contributed by atoms with Gasteiger partial charge in [0.15, 0.2) is 0 Å². The Kier molecular flexibility index (Phi) is 6.05. The number of rotatable bonds is 7. The lowest BCUT2D eigenvalue weighted by Crippen LogP contribution is -2.31. The quantitative estimate of drug-likeness (QED) is 0.429. The number of aromatic amines is 1. The summed E-state index contributed by atoms with van der Waals surface area (Å²) in [6.07, 6.45) is 7.21. The van der Waals surface area contributed by atoms with Crippen molar-refractivity contribution in [3.63, 3.8) is 0 Å². The second kappa shape index (κ2) is 9.23. The fourth-order valence-corrected chi connectivity index (χ4v) is 3.42. The number of hydrogen-bond acceptors (Lipinski definition) is 5. The number of carbonyl (C=O) groups is 1. The summed E-state index contributed by atoms with van der Waals surface area (Å²) in [5.74, 6) is 0.0735. The third-order valence-corrected chi connectivity index (χ3v) is 4.97. The van der Waals surface area contributed by atoms with Crippen molar-refractivity contribution in [3.05, 3.63) is 89.4 Å². The predicted molar refractivity (Wildman–Crippen MR) is 120 cm³/mol. The first kappa shape index (κ1) is 20.3. The van der Waals surface area contributed by atoms with Crippen LogP contribution in [-0.2, 0) is 0 Å². The van der Waals surface area contributed by atoms with Crippen LogP contribution in [0.2, 0.25) is 0 Å². The zero-order valence-corrected chi connectivity index (χ0v) is 16.9. The van der Waals surface area contributed by atoms with Gasteiger partial charge in [-0.05, 0) is 35.4 Å². The molecule has 4 rings (SSSR count). The zero-order chi connectivity index (χ0) is 21.6. The van der Waals surface area contributed by atoms with E-state index in [1.165, 1.54) is 7.11 Å². The van der Waals surface area contributed by atoms with Crippen molar-refractivity contribution in [1.82, 2.24) is 20.5 Å². The van der Waals surface area contributed by atoms with Gasteiger partial charge >= 0.3 is 0 Å². The van der Waals surface area contributed by atoms with Crippen molar-refractivity contribution < 1.29 is 14.6 Å². The molecular weight excluding hydrogens is 392 g/mol. The number of aliphatic hydroxyl groups is 1. The molecule has 0 fully saturated rings. The summed E-state index contributed by atoms with van der Waals surface area (Å²) in [6.45, 7) is -0.217. The second-order valence-electron chi connectivity index (χ2n) is 6.92. The van der Waals surface area contributed by atoms with E-state index in [4.69, 9.17) is 4.74 Å². The number of aliphatic hydroxyl groups excluding tert-OH is 1. The van der Waals surface area contributed by atoms with Crippen LogP contribution >= 0.6 is 0 Å². The molecule has 3 N–H and O–H groups in total. The minimum atomic E-state index is -0.525. The molecular formula is C24H22N4O3. The first-order valence-corrected chi connectivity index (χ1v) is 9.81. The van der Waals surface area contributed by atoms with E-state index in [9.17, 15) is 9.90 Å². The number of ether oxygens (including phenoxy) is 1. The van der Waals surface area contributed by atoms with E-state index in [2.05, 4.69) is 20.5 Å². The average molecular weight is 414 g/mol. The average Bonchev–Trinajstić information content (AvgIpc) is 3.25. The van der Waals surface area contributed by atoms with Crippen molar-refractivity contribution in [3.8, 4) is 5.75 Å². The molecule has 0 radical (unpaired) electrons. The SMILES string of the molecule is COc1c(C(=O)NC(CO)c2ccccc2)ccc2[nH]nc(/C=C/c3cccnc3)c12. The van der Waals surface area contributed by atoms with Gasteiger partial charge in [0, 0.05) is 12.4 Å². The molecule has 0 aliphatic rings. The van der Waals surface area contributed by atoms with Crippen molar-refractivity contribution in [1.29, 1.82) is 0 Å². The molecule has 156 valence electrons. The van der Waals surface area contributed by atoms with Crippen LogP contribution in [0.4, 0.5) is 0 Å². The summed E-state index contributed by atoms with van der Waals surface area (Å²) in [7, 11) is 1.52. The summed E-state index contributed by atoms with van der Waals surface area (Å²) in [5.41, 5.74) is 3.51. The fourth-order valence-electron chi connectivity index (χ4n) is 3.42. The van der Waals surface area contributed by atoms with E-state index in [0.29, 0.717) is 22.4 Å². The Labute approximate surface area is 179 Å². The highest BCUT2D eigenvalue weighted by molar-refractivity contribution is 6.05. The van der Waals surface area contributed by atoms with Gasteiger partial charge in [-0.3, -0.25) is 14.9 Å². The van der Waals surface area contributed by atoms with Crippen LogP contribution in [0.3, 0.4) is 0 Å². The normalized spacial score (nSPS) is 12.2. The largest absolute Gasteiger partial charge is 0.495 e. The highest BCUT2D eigenvalue weighted by Crippen LogP contribution is 2.32. The third-order valence-electron chi connectivity index (χ3n) is 4.97. The van der Waals surface area contributed by atoms with Gasteiger partial charge in [0.2, 0.25) is 0 Å². The van der Waals surface area contributed by atoms with E-state index >= 15 is 0 Å². The molecule has 0 aliphatic carbocycles. The number of nitrogens with zero attached hydrogens (tertiary/aromatic N) is 2. The standard InChI is InChI=1S/C24H22N4O3/c1-31-23-18(24(30)26-21(15-29)17-7-3-2-4-8-17)10-12-20-22(23)19(27-28-20)11-9-16-6-5-13-25-14-16/h2-14,21,29H,15H2,1H3,(H,26,30)(H,27,28)/b11-9+. The number of amides is 1. The first-order chi connectivity index (χ1) is 15.2. The van der Waals surface area contributed by atoms with Crippen molar-refractivity contribution >= 4 is 29.0 Å². The molecule has 1 atom stereocenters. The van der Waals surface area contributed by atoms with E-state index in [0.717, 1.165) is 16.6 Å². The van der Waals surface area contributed by atoms with Gasteiger partial charge in [0.05, 0.1) is 41.9 Å². The number of H-pyrrole nitrogens is 1. The Hall–Kier alpha value is -3.97. The molecule has 0 saturated heterocycles. The maximum atomic E-state index is 13.1. The van der Waals surface area contributed by atoms with Gasteiger partial charge < -0.3 is 15.2 Å². The summed E-state index contributed by atoms with van der Waals surface area (Å²) in [6, 6.07) is 16.1. The van der Waals surface area contributed by atoms with Crippen LogP contribution < -0.4 is 10.1 Å². The molecule has 2 aromatic carbocycles. The van der Waals surface area contributed by atoms with Crippen molar-refractivity contribution in [2.45, 2.75) is 6.04 Å². The van der Waals surface area contributed by atoms with Crippen LogP contribution in [0.1, 0.15) is 33.2 Å². The van der Waals surface area contributed by atoms with Crippen LogP contribution in [0, 0.1) is 0 Å². The van der Waals surface area contributed by atoms with Crippen LogP contribution in [-0.4, -0.2) is 39.9 Å². The number of carbonyl (C=O) groups excluding carboxylic acids is 1. The Bertz CT molecular complexity index is 1200. The van der Waals surface area contributed by atoms with Crippen LogP contribution in [0.15, 0.2) is 67.0 Å². The summed E-state index contributed by atoms with van der Waals surface area (Å²) in [5, 5.41) is 20.7. The zero-order valence-electron chi connectivity index (χ0n) is 16.9. The number of methoxy groups -OCH3 is 1. The van der Waals surface area contributed by atoms with Gasteiger partial charge in [-0.25, -0.2) is 0 Å². The van der Waals surface area contributed by atoms with Gasteiger partial charge in [-0.15, -0.1) is 0 Å². The molecule has 7 heteroatoms. The van der Waals surface area contributed by atoms with Crippen molar-refractivity contribution in [2.75, 3.05) is 13.7 Å². The molecule has 0 spiro atoms. The predicted octanol–water partition coefficient (Wildman–Crippen LogP) is 3.60. The third kappa shape index (κ3) is 4.31. The maximum Gasteiger partial charge on any atom is 0.255 e. The number of nitrogens with one attached hydrogen (secondary N) is 2. The Balaban J connectivity index is 1.68. The highest BCUT2D eigenvalue weighted by Gasteiger charge is 2.21. The molecule has 2 heterocycles. The Morgan fingerprint density at radius 3 is 2.71 bits per heavy atom. The van der Waals surface area contributed by atoms with Crippen molar-refractivity contribution in [2.24, 2.45) is 0 Å². The van der Waals surface area contributed by atoms with Crippen LogP contribution in [0.5, 0.6) is 5.75 Å². The first-order valence-electron chi connectivity index (χ1n) is 9.81. The number of benzene rings is 2. The topological polar surface area (TPSA) is 100 Å². The molecule has 7 nitrogen and oxygen atoms in total. The Morgan fingerprint density at radius 2 is 2.00 bits per heavy atom. The lowest BCUT2D eigenvalue weighted by Gasteiger charge is -2.18.